The summed E-state index contributed by atoms with van der Waals surface area (Å²) >= 11 is 8.93. The lowest BCUT2D eigenvalue weighted by Crippen LogP contribution is -2.58. The van der Waals surface area contributed by atoms with Gasteiger partial charge in [0.2, 0.25) is 11.8 Å². The predicted octanol–water partition coefficient (Wildman–Crippen LogP) is 5.09. The number of ketones is 1. The maximum atomic E-state index is 13.4. The van der Waals surface area contributed by atoms with Crippen LogP contribution in [-0.2, 0) is 19.9 Å². The molecule has 1 fully saturated rings. The summed E-state index contributed by atoms with van der Waals surface area (Å²) in [5.41, 5.74) is 0.288. The normalized spacial score (nSPS) is 21.2. The Labute approximate surface area is 212 Å². The number of carbonyl (C=O) groups is 2. The molecule has 3 aromatic rings. The van der Waals surface area contributed by atoms with Gasteiger partial charge in [0.15, 0.2) is 5.78 Å². The highest BCUT2D eigenvalue weighted by Crippen LogP contribution is 2.41. The molecule has 0 aliphatic carbocycles. The average molecular weight is 517 g/mol. The number of hydrogen-bond acceptors (Lipinski definition) is 7. The molecule has 1 aliphatic heterocycles. The number of carbonyl (C=O) groups excluding carboxylic acids is 2. The first-order chi connectivity index (χ1) is 16.4. The molecule has 0 saturated carbocycles. The number of thioether (sulfide) groups is 1. The molecule has 1 amide bonds. The van der Waals surface area contributed by atoms with Gasteiger partial charge in [-0.3, -0.25) is 9.59 Å². The number of nitrogens with zero attached hydrogens (tertiary/aromatic N) is 1. The molecular weight excluding hydrogens is 492 g/mol. The van der Waals surface area contributed by atoms with Crippen molar-refractivity contribution in [3.63, 3.8) is 0 Å². The van der Waals surface area contributed by atoms with E-state index in [1.54, 1.807) is 18.2 Å². The van der Waals surface area contributed by atoms with Gasteiger partial charge in [-0.05, 0) is 54.4 Å². The van der Waals surface area contributed by atoms with E-state index in [9.17, 15) is 9.59 Å². The summed E-state index contributed by atoms with van der Waals surface area (Å²) in [6.07, 6.45) is -0.124. The van der Waals surface area contributed by atoms with E-state index in [-0.39, 0.29) is 24.2 Å². The molecule has 9 heteroatoms. The van der Waals surface area contributed by atoms with Gasteiger partial charge in [0.1, 0.15) is 16.9 Å². The van der Waals surface area contributed by atoms with E-state index < -0.39 is 10.8 Å². The van der Waals surface area contributed by atoms with Crippen molar-refractivity contribution in [1.82, 2.24) is 10.3 Å². The highest BCUT2D eigenvalue weighted by molar-refractivity contribution is 8.01. The number of piperidine rings is 1. The van der Waals surface area contributed by atoms with Crippen LogP contribution in [0.25, 0.3) is 0 Å². The van der Waals surface area contributed by atoms with Crippen LogP contribution in [-0.4, -0.2) is 41.2 Å². The highest BCUT2D eigenvalue weighted by atomic mass is 35.5. The minimum Gasteiger partial charge on any atom is -0.472 e. The first-order valence-electron chi connectivity index (χ1n) is 10.9. The number of pyridine rings is 1. The van der Waals surface area contributed by atoms with E-state index in [0.29, 0.717) is 34.7 Å². The fourth-order valence-electron chi connectivity index (χ4n) is 3.83. The molecule has 3 heterocycles. The number of aromatic nitrogens is 1. The number of benzene rings is 1. The van der Waals surface area contributed by atoms with Crippen LogP contribution in [0.4, 0.5) is 0 Å². The molecule has 3 atom stereocenters. The van der Waals surface area contributed by atoms with Gasteiger partial charge < -0.3 is 14.8 Å². The van der Waals surface area contributed by atoms with E-state index >= 15 is 0 Å². The quantitative estimate of drug-likeness (QED) is 0.399. The molecule has 3 unspecified atom stereocenters. The molecule has 6 nitrogen and oxygen atoms in total. The Hall–Kier alpha value is -2.39. The van der Waals surface area contributed by atoms with E-state index in [4.69, 9.17) is 26.1 Å². The molecule has 1 N–H and O–H groups in total. The first kappa shape index (κ1) is 24.7. The number of ether oxygens (including phenoxy) is 2. The van der Waals surface area contributed by atoms with Crippen molar-refractivity contribution in [2.75, 3.05) is 13.2 Å². The predicted molar refractivity (Wildman–Crippen MR) is 135 cm³/mol. The summed E-state index contributed by atoms with van der Waals surface area (Å²) in [6, 6.07) is 14.5. The Bertz CT molecular complexity index is 1140. The van der Waals surface area contributed by atoms with Crippen LogP contribution in [0.15, 0.2) is 64.2 Å². The number of rotatable bonds is 9. The number of nitrogens with one attached hydrogen (secondary N) is 1. The second-order valence-corrected chi connectivity index (χ2v) is 10.3. The molecular formula is C25H25ClN2O4S2. The third kappa shape index (κ3) is 5.30. The second-order valence-electron chi connectivity index (χ2n) is 7.93. The fourth-order valence-corrected chi connectivity index (χ4v) is 5.80. The summed E-state index contributed by atoms with van der Waals surface area (Å²) in [4.78, 5) is 32.1. The Morgan fingerprint density at radius 2 is 2.06 bits per heavy atom. The topological polar surface area (TPSA) is 77.5 Å². The molecule has 2 aromatic heterocycles. The molecule has 1 aromatic carbocycles. The van der Waals surface area contributed by atoms with Crippen LogP contribution in [0, 0.1) is 0 Å². The number of thiophene rings is 1. The summed E-state index contributed by atoms with van der Waals surface area (Å²) < 4.78 is 11.4. The molecule has 1 aliphatic rings. The van der Waals surface area contributed by atoms with Gasteiger partial charge in [-0.1, -0.05) is 29.8 Å². The van der Waals surface area contributed by atoms with Crippen molar-refractivity contribution in [3.05, 3.63) is 75.6 Å². The van der Waals surface area contributed by atoms with Gasteiger partial charge in [-0.2, -0.15) is 11.3 Å². The molecule has 1 saturated heterocycles. The van der Waals surface area contributed by atoms with E-state index in [2.05, 4.69) is 5.32 Å². The van der Waals surface area contributed by atoms with Gasteiger partial charge in [0, 0.05) is 24.0 Å². The number of hydrogen-bond donors (Lipinski definition) is 1. The number of amides is 1. The third-order valence-corrected chi connectivity index (χ3v) is 7.89. The van der Waals surface area contributed by atoms with Gasteiger partial charge in [-0.25, -0.2) is 4.98 Å². The van der Waals surface area contributed by atoms with Crippen molar-refractivity contribution < 1.29 is 19.1 Å². The highest BCUT2D eigenvalue weighted by Gasteiger charge is 2.48. The smallest absolute Gasteiger partial charge is 0.242 e. The third-order valence-electron chi connectivity index (χ3n) is 5.44. The minimum absolute atomic E-state index is 0.0720. The Morgan fingerprint density at radius 1 is 1.24 bits per heavy atom. The van der Waals surface area contributed by atoms with Crippen molar-refractivity contribution >= 4 is 46.4 Å². The van der Waals surface area contributed by atoms with Crippen LogP contribution >= 0.6 is 34.7 Å². The van der Waals surface area contributed by atoms with Crippen LogP contribution in [0.3, 0.4) is 0 Å². The lowest BCUT2D eigenvalue weighted by Gasteiger charge is -2.39. The summed E-state index contributed by atoms with van der Waals surface area (Å²) in [5.74, 6) is -0.142. The zero-order chi connectivity index (χ0) is 24.1. The molecule has 0 bridgehead atoms. The lowest BCUT2D eigenvalue weighted by atomic mass is 9.79. The van der Waals surface area contributed by atoms with Crippen LogP contribution in [0.2, 0.25) is 5.02 Å². The average Bonchev–Trinajstić information content (AvgIpc) is 3.37. The van der Waals surface area contributed by atoms with E-state index in [1.807, 2.05) is 54.9 Å². The lowest BCUT2D eigenvalue weighted by molar-refractivity contribution is -0.133. The van der Waals surface area contributed by atoms with Crippen molar-refractivity contribution in [3.8, 4) is 5.88 Å². The van der Waals surface area contributed by atoms with Crippen molar-refractivity contribution in [2.45, 2.75) is 42.1 Å². The Kier molecular flexibility index (Phi) is 7.93. The molecule has 4 rings (SSSR count). The van der Waals surface area contributed by atoms with Gasteiger partial charge in [-0.15, -0.1) is 11.8 Å². The molecule has 178 valence electrons. The zero-order valence-electron chi connectivity index (χ0n) is 18.8. The monoisotopic (exact) mass is 516 g/mol. The zero-order valence-corrected chi connectivity index (χ0v) is 21.2. The second kappa shape index (κ2) is 10.9. The number of Topliss-reactive ketones (excluding diaryl/α,β-unsaturated/α-hetero) is 1. The summed E-state index contributed by atoms with van der Waals surface area (Å²) in [6.45, 7) is 4.87. The van der Waals surface area contributed by atoms with Crippen LogP contribution in [0.1, 0.15) is 31.5 Å². The van der Waals surface area contributed by atoms with Crippen LogP contribution in [0.5, 0.6) is 5.88 Å². The summed E-state index contributed by atoms with van der Waals surface area (Å²) in [7, 11) is 0. The van der Waals surface area contributed by atoms with E-state index in [1.165, 1.54) is 23.1 Å². The number of halogens is 1. The van der Waals surface area contributed by atoms with Gasteiger partial charge in [0.25, 0.3) is 0 Å². The van der Waals surface area contributed by atoms with Crippen LogP contribution < -0.4 is 10.1 Å². The first-order valence-corrected chi connectivity index (χ1v) is 13.1. The van der Waals surface area contributed by atoms with Gasteiger partial charge >= 0.3 is 0 Å². The minimum atomic E-state index is -1.08. The summed E-state index contributed by atoms with van der Waals surface area (Å²) in [5, 5.41) is 6.59. The maximum absolute atomic E-state index is 13.4. The Balaban J connectivity index is 1.64. The maximum Gasteiger partial charge on any atom is 0.242 e. The van der Waals surface area contributed by atoms with Crippen molar-refractivity contribution in [1.29, 1.82) is 0 Å². The molecule has 0 spiro atoms. The van der Waals surface area contributed by atoms with E-state index in [0.717, 1.165) is 5.56 Å². The van der Waals surface area contributed by atoms with Gasteiger partial charge in [0.05, 0.1) is 17.3 Å². The molecule has 0 radical (unpaired) electrons. The fraction of sp³-hybridized carbons (Fsp3) is 0.320. The standard InChI is InChI=1S/C25H25ClN2O4S2/c1-3-31-14-16(2)32-22-10-6-9-21(27-22)25(17-11-12-33-15-17)13-19(29)23(24(30)28-25)34-20-8-5-4-7-18(20)26/h4-12,15-16,23H,3,13-14H2,1-2H3,(H,28,30). The largest absolute Gasteiger partial charge is 0.472 e. The van der Waals surface area contributed by atoms with Crippen molar-refractivity contribution in [2.24, 2.45) is 0 Å². The Morgan fingerprint density at radius 3 is 2.76 bits per heavy atom. The SMILES string of the molecule is CCOCC(C)Oc1cccc(C2(c3ccsc3)CC(=O)C(Sc3ccccc3Cl)C(=O)N2)n1. The molecule has 34 heavy (non-hydrogen) atoms.